The fourth-order valence-electron chi connectivity index (χ4n) is 1.01. The average molecular weight is 290 g/mol. The Morgan fingerprint density at radius 2 is 2.23 bits per heavy atom. The zero-order valence-electron chi connectivity index (χ0n) is 6.40. The fraction of sp³-hybridized carbons (Fsp3) is 0. The summed E-state index contributed by atoms with van der Waals surface area (Å²) in [6.07, 6.45) is 0. The van der Waals surface area contributed by atoms with Crippen LogP contribution in [0.2, 0.25) is 0 Å². The van der Waals surface area contributed by atoms with Gasteiger partial charge in [-0.25, -0.2) is 4.79 Å². The molecule has 13 heavy (non-hydrogen) atoms. The first-order valence-corrected chi connectivity index (χ1v) is 6.35. The Balaban J connectivity index is 2.66. The van der Waals surface area contributed by atoms with Crippen LogP contribution in [0.25, 0.3) is 3.07 Å². The van der Waals surface area contributed by atoms with Crippen LogP contribution in [-0.4, -0.2) is 5.97 Å². The molecular weight excluding hydrogens is 285 g/mol. The van der Waals surface area contributed by atoms with Gasteiger partial charge >= 0.3 is 25.8 Å². The van der Waals surface area contributed by atoms with Crippen LogP contribution < -0.4 is 0 Å². The maximum Gasteiger partial charge on any atom is 0.390 e. The zero-order valence-corrected chi connectivity index (χ0v) is 8.56. The molecule has 1 N–H and O–H groups in total. The van der Waals surface area contributed by atoms with Gasteiger partial charge in [0.1, 0.15) is 3.57 Å². The molecule has 1 aromatic rings. The topological polar surface area (TPSA) is 66.9 Å². The van der Waals surface area contributed by atoms with Gasteiger partial charge in [0.15, 0.2) is 0 Å². The summed E-state index contributed by atoms with van der Waals surface area (Å²) in [5.41, 5.74) is 7.15. The van der Waals surface area contributed by atoms with Crippen molar-refractivity contribution >= 4 is 25.8 Å². The van der Waals surface area contributed by atoms with Crippen molar-refractivity contribution in [1.82, 2.24) is 0 Å². The lowest BCUT2D eigenvalue weighted by Gasteiger charge is -1.84. The molecule has 1 aromatic carbocycles. The van der Waals surface area contributed by atoms with Crippen LogP contribution in [0.5, 0.6) is 0 Å². The summed E-state index contributed by atoms with van der Waals surface area (Å²) in [6.45, 7) is 0. The number of carbonyl (C=O) groups is 1. The van der Waals surface area contributed by atoms with Crippen molar-refractivity contribution in [3.63, 3.8) is 0 Å². The lowest BCUT2D eigenvalue weighted by atomic mass is 10.2. The second-order valence-electron chi connectivity index (χ2n) is 2.25. The predicted octanol–water partition coefficient (Wildman–Crippen LogP) is 2.68. The first-order valence-electron chi connectivity index (χ1n) is 3.42. The summed E-state index contributed by atoms with van der Waals surface area (Å²) in [4.78, 5) is 11.2. The molecule has 0 saturated carbocycles. The molecule has 0 aromatic heterocycles. The largest absolute Gasteiger partial charge is 0.390 e. The molecule has 0 amide bonds. The highest BCUT2D eigenvalue weighted by atomic mass is 127. The van der Waals surface area contributed by atoms with Crippen molar-refractivity contribution in [3.05, 3.63) is 36.5 Å². The smallest absolute Gasteiger partial charge is 0.360 e. The van der Waals surface area contributed by atoms with Crippen molar-refractivity contribution in [2.75, 3.05) is 0 Å². The molecular formula is C7H5IN3O2+. The molecule has 0 radical (unpaired) electrons. The first-order chi connectivity index (χ1) is 6.33. The molecule has 1 aliphatic heterocycles. The van der Waals surface area contributed by atoms with Gasteiger partial charge in [-0.2, -0.15) is 0 Å². The van der Waals surface area contributed by atoms with Crippen LogP contribution in [0.4, 0.5) is 0 Å². The predicted molar refractivity (Wildman–Crippen MR) is 53.1 cm³/mol. The van der Waals surface area contributed by atoms with Gasteiger partial charge < -0.3 is 3.07 Å². The molecule has 6 heteroatoms. The van der Waals surface area contributed by atoms with Crippen molar-refractivity contribution in [2.24, 2.45) is 5.22 Å². The minimum absolute atomic E-state index is 0.340. The summed E-state index contributed by atoms with van der Waals surface area (Å²) in [6, 6.07) is 7.11. The van der Waals surface area contributed by atoms with Gasteiger partial charge in [0.2, 0.25) is 5.22 Å². The van der Waals surface area contributed by atoms with E-state index in [1.54, 1.807) is 18.2 Å². The quantitative estimate of drug-likeness (QED) is 0.453. The number of carbonyl (C=O) groups excluding carboxylic acids is 1. The lowest BCUT2D eigenvalue weighted by molar-refractivity contribution is 0.0804. The minimum Gasteiger partial charge on any atom is -0.360 e. The number of benzene rings is 1. The van der Waals surface area contributed by atoms with Crippen molar-refractivity contribution < 1.29 is 7.86 Å². The Bertz CT molecular complexity index is 471. The molecule has 0 saturated heterocycles. The van der Waals surface area contributed by atoms with Gasteiger partial charge in [-0.1, -0.05) is 12.1 Å². The summed E-state index contributed by atoms with van der Waals surface area (Å²) in [7, 11) is 0. The van der Waals surface area contributed by atoms with E-state index >= 15 is 0 Å². The van der Waals surface area contributed by atoms with Gasteiger partial charge in [0, 0.05) is 5.53 Å². The second-order valence-corrected chi connectivity index (χ2v) is 5.60. The van der Waals surface area contributed by atoms with Gasteiger partial charge in [0.25, 0.3) is 0 Å². The Kier molecular flexibility index (Phi) is 2.07. The van der Waals surface area contributed by atoms with Crippen LogP contribution in [0.1, 0.15) is 10.4 Å². The van der Waals surface area contributed by atoms with E-state index in [9.17, 15) is 4.79 Å². The van der Waals surface area contributed by atoms with E-state index in [4.69, 9.17) is 8.60 Å². The van der Waals surface area contributed by atoms with E-state index in [1.807, 2.05) is 6.07 Å². The Morgan fingerprint density at radius 1 is 1.46 bits per heavy atom. The summed E-state index contributed by atoms with van der Waals surface area (Å²) >= 11 is -2.29. The Labute approximate surface area is 81.0 Å². The Hall–Kier alpha value is -1.27. The van der Waals surface area contributed by atoms with Crippen LogP contribution in [0.15, 0.2) is 29.5 Å². The zero-order chi connectivity index (χ0) is 9.26. The highest BCUT2D eigenvalue weighted by Gasteiger charge is 2.30. The summed E-state index contributed by atoms with van der Waals surface area (Å²) in [5, 5.41) is 2.92. The van der Waals surface area contributed by atoms with Crippen LogP contribution in [-0.2, 0) is 3.07 Å². The van der Waals surface area contributed by atoms with Crippen molar-refractivity contribution in [1.29, 1.82) is 5.53 Å². The number of nitrogens with one attached hydrogen (secondary N) is 1. The Morgan fingerprint density at radius 3 is 3.00 bits per heavy atom. The van der Waals surface area contributed by atoms with Gasteiger partial charge in [-0.05, 0) is 15.2 Å². The number of fused-ring (bicyclic) bond motifs is 1. The molecule has 66 valence electrons. The average Bonchev–Trinajstić information content (AvgIpc) is 2.46. The molecule has 0 unspecified atom stereocenters. The third-order valence-corrected chi connectivity index (χ3v) is 4.88. The van der Waals surface area contributed by atoms with E-state index in [-0.39, 0.29) is 5.97 Å². The minimum atomic E-state index is -2.29. The number of hydrogen-bond acceptors (Lipinski definition) is 4. The standard InChI is InChI=1S/C7H5IN3O2/c9-11-10-8-6-4-2-1-3-5(6)7(12)13-8/h1-4,9H/q+1. The number of hydrogen-bond donors (Lipinski definition) is 1. The SMILES string of the molecule is N=N[N+]#I1OC(=O)c2ccccc21. The van der Waals surface area contributed by atoms with E-state index < -0.39 is 19.9 Å². The van der Waals surface area contributed by atoms with Crippen molar-refractivity contribution in [2.45, 2.75) is 0 Å². The molecule has 0 bridgehead atoms. The summed E-state index contributed by atoms with van der Waals surface area (Å²) < 4.78 is 9.46. The number of halogens is 1. The molecule has 0 atom stereocenters. The van der Waals surface area contributed by atoms with Crippen molar-refractivity contribution in [3.8, 4) is 0 Å². The maximum absolute atomic E-state index is 11.2. The van der Waals surface area contributed by atoms with Gasteiger partial charge in [-0.3, -0.25) is 0 Å². The van der Waals surface area contributed by atoms with E-state index in [0.717, 1.165) is 3.57 Å². The maximum atomic E-state index is 11.2. The molecule has 2 rings (SSSR count). The van der Waals surface area contributed by atoms with Gasteiger partial charge in [-0.15, -0.1) is 0 Å². The first kappa shape index (κ1) is 8.33. The van der Waals surface area contributed by atoms with Crippen LogP contribution in [0, 0.1) is 9.10 Å². The van der Waals surface area contributed by atoms with E-state index in [2.05, 4.69) is 8.29 Å². The number of rotatable bonds is 0. The second kappa shape index (κ2) is 3.23. The molecule has 0 aliphatic carbocycles. The third-order valence-electron chi connectivity index (χ3n) is 1.52. The van der Waals surface area contributed by atoms with Crippen LogP contribution in [0.3, 0.4) is 0 Å². The molecule has 5 nitrogen and oxygen atoms in total. The monoisotopic (exact) mass is 290 g/mol. The summed E-state index contributed by atoms with van der Waals surface area (Å²) in [5.74, 6) is -0.340. The molecule has 0 spiro atoms. The third kappa shape index (κ3) is 1.34. The highest BCUT2D eigenvalue weighted by molar-refractivity contribution is 14.2. The molecule has 1 heterocycles. The molecule has 1 aliphatic rings. The highest BCUT2D eigenvalue weighted by Crippen LogP contribution is 2.41. The van der Waals surface area contributed by atoms with E-state index in [1.165, 1.54) is 0 Å². The number of nitrogens with zero attached hydrogens (tertiary/aromatic N) is 2. The van der Waals surface area contributed by atoms with Gasteiger partial charge in [0.05, 0.1) is 5.56 Å². The fourth-order valence-corrected chi connectivity index (χ4v) is 3.79. The lowest BCUT2D eigenvalue weighted by Crippen LogP contribution is -1.92. The van der Waals surface area contributed by atoms with E-state index in [0.29, 0.717) is 5.56 Å². The normalized spacial score (nSPS) is 14.6. The molecule has 0 fully saturated rings. The van der Waals surface area contributed by atoms with Crippen LogP contribution >= 0.6 is 19.9 Å².